The maximum absolute atomic E-state index is 12.6. The molecule has 0 unspecified atom stereocenters. The Morgan fingerprint density at radius 2 is 1.70 bits per heavy atom. The molecule has 2 amide bonds. The molecule has 3 aromatic carbocycles. The summed E-state index contributed by atoms with van der Waals surface area (Å²) < 4.78 is 0. The number of benzene rings is 3. The van der Waals surface area contributed by atoms with Crippen LogP contribution in [-0.4, -0.2) is 42.4 Å². The Morgan fingerprint density at radius 1 is 0.970 bits per heavy atom. The number of piperidine rings is 1. The number of nitrogens with zero attached hydrogens (tertiary/aromatic N) is 1. The van der Waals surface area contributed by atoms with Crippen molar-refractivity contribution < 1.29 is 9.59 Å². The van der Waals surface area contributed by atoms with Gasteiger partial charge in [-0.1, -0.05) is 74.5 Å². The van der Waals surface area contributed by atoms with E-state index in [-0.39, 0.29) is 29.7 Å². The maximum atomic E-state index is 12.6. The Labute approximate surface area is 196 Å². The summed E-state index contributed by atoms with van der Waals surface area (Å²) in [6, 6.07) is 24.3. The van der Waals surface area contributed by atoms with E-state index >= 15 is 0 Å². The molecule has 5 heteroatoms. The lowest BCUT2D eigenvalue weighted by Gasteiger charge is -2.44. The van der Waals surface area contributed by atoms with E-state index in [1.807, 2.05) is 48.5 Å². The van der Waals surface area contributed by atoms with Crippen LogP contribution in [0.3, 0.4) is 0 Å². The van der Waals surface area contributed by atoms with Crippen molar-refractivity contribution in [2.45, 2.75) is 39.3 Å². The molecular formula is C28H33N3O2. The average Bonchev–Trinajstić information content (AvgIpc) is 2.81. The number of rotatable bonds is 7. The molecule has 4 rings (SSSR count). The molecule has 3 aromatic rings. The summed E-state index contributed by atoms with van der Waals surface area (Å²) in [5, 5.41) is 8.23. The van der Waals surface area contributed by atoms with Crippen LogP contribution in [0.2, 0.25) is 0 Å². The minimum atomic E-state index is -0.150. The molecule has 1 heterocycles. The number of carbonyl (C=O) groups is 2. The predicted molar refractivity (Wildman–Crippen MR) is 133 cm³/mol. The number of amides is 2. The third-order valence-electron chi connectivity index (χ3n) is 6.54. The van der Waals surface area contributed by atoms with Crippen molar-refractivity contribution in [3.05, 3.63) is 83.9 Å². The molecule has 0 saturated carbocycles. The van der Waals surface area contributed by atoms with Crippen LogP contribution in [0.1, 0.15) is 42.6 Å². The van der Waals surface area contributed by atoms with E-state index < -0.39 is 0 Å². The highest BCUT2D eigenvalue weighted by atomic mass is 16.2. The number of carbonyl (C=O) groups excluding carboxylic acids is 2. The molecule has 0 radical (unpaired) electrons. The highest BCUT2D eigenvalue weighted by Gasteiger charge is 2.36. The summed E-state index contributed by atoms with van der Waals surface area (Å²) in [5.41, 5.74) is 1.91. The van der Waals surface area contributed by atoms with E-state index in [4.69, 9.17) is 0 Å². The van der Waals surface area contributed by atoms with Gasteiger partial charge in [-0.2, -0.15) is 0 Å². The largest absolute Gasteiger partial charge is 0.353 e. The van der Waals surface area contributed by atoms with Gasteiger partial charge in [0.15, 0.2) is 0 Å². The van der Waals surface area contributed by atoms with Gasteiger partial charge in [0.1, 0.15) is 0 Å². The number of hydrogen-bond donors (Lipinski definition) is 2. The fourth-order valence-electron chi connectivity index (χ4n) is 4.70. The van der Waals surface area contributed by atoms with E-state index in [9.17, 15) is 9.59 Å². The summed E-state index contributed by atoms with van der Waals surface area (Å²) in [4.78, 5) is 27.5. The zero-order chi connectivity index (χ0) is 23.3. The van der Waals surface area contributed by atoms with Crippen molar-refractivity contribution in [3.63, 3.8) is 0 Å². The maximum Gasteiger partial charge on any atom is 0.251 e. The molecule has 2 N–H and O–H groups in total. The van der Waals surface area contributed by atoms with Gasteiger partial charge in [-0.05, 0) is 40.3 Å². The molecule has 5 nitrogen and oxygen atoms in total. The van der Waals surface area contributed by atoms with E-state index in [0.29, 0.717) is 12.1 Å². The van der Waals surface area contributed by atoms with Gasteiger partial charge in [0, 0.05) is 44.2 Å². The molecule has 0 aromatic heterocycles. The quantitative estimate of drug-likeness (QED) is 0.570. The fraction of sp³-hybridized carbons (Fsp3) is 0.357. The normalized spacial score (nSPS) is 18.1. The first kappa shape index (κ1) is 23.0. The van der Waals surface area contributed by atoms with Gasteiger partial charge in [0.2, 0.25) is 5.91 Å². The van der Waals surface area contributed by atoms with Gasteiger partial charge in [-0.15, -0.1) is 0 Å². The van der Waals surface area contributed by atoms with Gasteiger partial charge < -0.3 is 10.6 Å². The average molecular weight is 444 g/mol. The summed E-state index contributed by atoms with van der Waals surface area (Å²) >= 11 is 0. The van der Waals surface area contributed by atoms with Crippen LogP contribution in [0.25, 0.3) is 10.8 Å². The Hall–Kier alpha value is -3.18. The van der Waals surface area contributed by atoms with Crippen LogP contribution in [0.4, 0.5) is 0 Å². The third-order valence-corrected chi connectivity index (χ3v) is 6.54. The standard InChI is InChI=1S/C28H33N3O2/c1-28(2)20-31(19-21-8-4-3-5-9-21)17-15-25(28)30-26(32)14-16-29-27(33)24-13-12-22-10-6-7-11-23(22)18-24/h3-13,18,25H,14-17,19-20H2,1-2H3,(H,29,33)(H,30,32)/t25-/m1/s1. The van der Waals surface area contributed by atoms with E-state index in [0.717, 1.165) is 36.8 Å². The summed E-state index contributed by atoms with van der Waals surface area (Å²) in [6.07, 6.45) is 1.20. The van der Waals surface area contributed by atoms with Crippen LogP contribution in [0.15, 0.2) is 72.8 Å². The van der Waals surface area contributed by atoms with Crippen molar-refractivity contribution in [2.75, 3.05) is 19.6 Å². The molecule has 1 aliphatic heterocycles. The smallest absolute Gasteiger partial charge is 0.251 e. The molecular weight excluding hydrogens is 410 g/mol. The van der Waals surface area contributed by atoms with Gasteiger partial charge in [-0.25, -0.2) is 0 Å². The van der Waals surface area contributed by atoms with Gasteiger partial charge in [-0.3, -0.25) is 14.5 Å². The molecule has 1 fully saturated rings. The molecule has 1 atom stereocenters. The molecule has 0 aliphatic carbocycles. The highest BCUT2D eigenvalue weighted by molar-refractivity contribution is 5.98. The monoisotopic (exact) mass is 443 g/mol. The topological polar surface area (TPSA) is 61.4 Å². The molecule has 0 bridgehead atoms. The second-order valence-corrected chi connectivity index (χ2v) is 9.66. The molecule has 1 saturated heterocycles. The zero-order valence-electron chi connectivity index (χ0n) is 19.5. The fourth-order valence-corrected chi connectivity index (χ4v) is 4.70. The zero-order valence-corrected chi connectivity index (χ0v) is 19.5. The Balaban J connectivity index is 1.23. The first-order valence-electron chi connectivity index (χ1n) is 11.7. The van der Waals surface area contributed by atoms with Crippen molar-refractivity contribution >= 4 is 22.6 Å². The number of hydrogen-bond acceptors (Lipinski definition) is 3. The Kier molecular flexibility index (Phi) is 7.09. The lowest BCUT2D eigenvalue weighted by Crippen LogP contribution is -2.55. The first-order valence-corrected chi connectivity index (χ1v) is 11.7. The molecule has 172 valence electrons. The van der Waals surface area contributed by atoms with Crippen molar-refractivity contribution in [3.8, 4) is 0 Å². The van der Waals surface area contributed by atoms with Crippen LogP contribution < -0.4 is 10.6 Å². The lowest BCUT2D eigenvalue weighted by atomic mass is 9.79. The van der Waals surface area contributed by atoms with Crippen LogP contribution >= 0.6 is 0 Å². The second-order valence-electron chi connectivity index (χ2n) is 9.66. The summed E-state index contributed by atoms with van der Waals surface area (Å²) in [5.74, 6) is -0.161. The van der Waals surface area contributed by atoms with Crippen LogP contribution in [0.5, 0.6) is 0 Å². The first-order chi connectivity index (χ1) is 15.9. The predicted octanol–water partition coefficient (Wildman–Crippen LogP) is 4.38. The minimum absolute atomic E-state index is 0.0107. The van der Waals surface area contributed by atoms with Crippen LogP contribution in [0, 0.1) is 5.41 Å². The molecule has 0 spiro atoms. The number of likely N-dealkylation sites (tertiary alicyclic amines) is 1. The van der Waals surface area contributed by atoms with E-state index in [2.05, 4.69) is 53.6 Å². The highest BCUT2D eigenvalue weighted by Crippen LogP contribution is 2.30. The second kappa shape index (κ2) is 10.2. The summed E-state index contributed by atoms with van der Waals surface area (Å²) in [6.45, 7) is 7.59. The van der Waals surface area contributed by atoms with Crippen molar-refractivity contribution in [2.24, 2.45) is 5.41 Å². The third kappa shape index (κ3) is 5.99. The van der Waals surface area contributed by atoms with Gasteiger partial charge in [0.05, 0.1) is 0 Å². The van der Waals surface area contributed by atoms with E-state index in [1.54, 1.807) is 0 Å². The molecule has 33 heavy (non-hydrogen) atoms. The van der Waals surface area contributed by atoms with E-state index in [1.165, 1.54) is 5.56 Å². The minimum Gasteiger partial charge on any atom is -0.353 e. The van der Waals surface area contributed by atoms with Crippen molar-refractivity contribution in [1.82, 2.24) is 15.5 Å². The van der Waals surface area contributed by atoms with Gasteiger partial charge >= 0.3 is 0 Å². The number of fused-ring (bicyclic) bond motifs is 1. The lowest BCUT2D eigenvalue weighted by molar-refractivity contribution is -0.123. The summed E-state index contributed by atoms with van der Waals surface area (Å²) in [7, 11) is 0. The van der Waals surface area contributed by atoms with Crippen LogP contribution in [-0.2, 0) is 11.3 Å². The Morgan fingerprint density at radius 3 is 2.45 bits per heavy atom. The SMILES string of the molecule is CC1(C)CN(Cc2ccccc2)CC[C@H]1NC(=O)CCNC(=O)c1ccc2ccccc2c1. The molecule has 1 aliphatic rings. The van der Waals surface area contributed by atoms with Crippen molar-refractivity contribution in [1.29, 1.82) is 0 Å². The Bertz CT molecular complexity index is 1110. The number of nitrogens with one attached hydrogen (secondary N) is 2. The van der Waals surface area contributed by atoms with Gasteiger partial charge in [0.25, 0.3) is 5.91 Å².